The highest BCUT2D eigenvalue weighted by atomic mass is 19.1. The molecule has 112 valence electrons. The molecule has 0 amide bonds. The lowest BCUT2D eigenvalue weighted by molar-refractivity contribution is 0.282. The second-order valence-corrected chi connectivity index (χ2v) is 4.63. The van der Waals surface area contributed by atoms with Crippen molar-refractivity contribution in [3.05, 3.63) is 53.3 Å². The summed E-state index contributed by atoms with van der Waals surface area (Å²) < 4.78 is 18.8. The fraction of sp³-hybridized carbons (Fsp3) is 0.250. The maximum absolute atomic E-state index is 13.6. The van der Waals surface area contributed by atoms with E-state index < -0.39 is 5.82 Å². The number of aliphatic hydroxyl groups excluding tert-OH is 1. The van der Waals surface area contributed by atoms with Crippen molar-refractivity contribution in [1.82, 2.24) is 0 Å². The highest BCUT2D eigenvalue weighted by molar-refractivity contribution is 5.68. The normalized spacial score (nSPS) is 10.4. The Hall–Kier alpha value is -2.27. The molecule has 0 fully saturated rings. The minimum absolute atomic E-state index is 0.0241. The Balaban J connectivity index is 2.09. The minimum Gasteiger partial charge on any atom is -0.491 e. The molecule has 0 heterocycles. The van der Waals surface area contributed by atoms with Crippen molar-refractivity contribution in [2.24, 2.45) is 0 Å². The number of hydrogen-bond donors (Lipinski definition) is 3. The first kappa shape index (κ1) is 15.1. The Labute approximate surface area is 123 Å². The summed E-state index contributed by atoms with van der Waals surface area (Å²) in [5.41, 5.74) is 8.67. The lowest BCUT2D eigenvalue weighted by atomic mass is 10.1. The Bertz CT molecular complexity index is 600. The van der Waals surface area contributed by atoms with E-state index in [0.29, 0.717) is 24.5 Å². The maximum atomic E-state index is 13.6. The minimum atomic E-state index is -0.466. The van der Waals surface area contributed by atoms with Gasteiger partial charge in [0.05, 0.1) is 24.6 Å². The van der Waals surface area contributed by atoms with E-state index in [1.54, 1.807) is 13.0 Å². The number of rotatable bonds is 6. The number of benzene rings is 2. The first-order valence-electron chi connectivity index (χ1n) is 6.78. The second kappa shape index (κ2) is 6.95. The first-order valence-corrected chi connectivity index (χ1v) is 6.78. The Morgan fingerprint density at radius 1 is 1.19 bits per heavy atom. The van der Waals surface area contributed by atoms with Crippen molar-refractivity contribution >= 4 is 11.4 Å². The molecule has 0 aliphatic carbocycles. The second-order valence-electron chi connectivity index (χ2n) is 4.63. The summed E-state index contributed by atoms with van der Waals surface area (Å²) in [4.78, 5) is 0. The summed E-state index contributed by atoms with van der Waals surface area (Å²) in [6, 6.07) is 10.4. The van der Waals surface area contributed by atoms with Gasteiger partial charge in [0.1, 0.15) is 0 Å². The molecule has 0 saturated carbocycles. The molecule has 0 spiro atoms. The molecule has 2 aromatic rings. The Morgan fingerprint density at radius 2 is 1.86 bits per heavy atom. The summed E-state index contributed by atoms with van der Waals surface area (Å²) in [7, 11) is 0. The van der Waals surface area contributed by atoms with Crippen LogP contribution in [0.3, 0.4) is 0 Å². The number of halogens is 1. The predicted octanol–water partition coefficient (Wildman–Crippen LogP) is 2.91. The van der Waals surface area contributed by atoms with Crippen LogP contribution in [0.25, 0.3) is 0 Å². The Kier molecular flexibility index (Phi) is 5.00. The van der Waals surface area contributed by atoms with Gasteiger partial charge in [-0.05, 0) is 18.1 Å². The number of nitrogen functional groups attached to an aromatic ring is 1. The molecule has 0 radical (unpaired) electrons. The van der Waals surface area contributed by atoms with E-state index in [9.17, 15) is 4.39 Å². The number of anilines is 2. The smallest absolute Gasteiger partial charge is 0.167 e. The fourth-order valence-electron chi connectivity index (χ4n) is 1.95. The van der Waals surface area contributed by atoms with E-state index in [1.165, 1.54) is 6.07 Å². The quantitative estimate of drug-likeness (QED) is 0.716. The molecule has 21 heavy (non-hydrogen) atoms. The molecule has 0 saturated heterocycles. The number of aliphatic hydroxyl groups is 1. The molecule has 0 aromatic heterocycles. The first-order chi connectivity index (χ1) is 10.1. The number of ether oxygens (including phenoxy) is 1. The summed E-state index contributed by atoms with van der Waals surface area (Å²) >= 11 is 0. The average molecular weight is 290 g/mol. The van der Waals surface area contributed by atoms with Crippen molar-refractivity contribution < 1.29 is 14.2 Å². The van der Waals surface area contributed by atoms with Crippen LogP contribution in [0.2, 0.25) is 0 Å². The summed E-state index contributed by atoms with van der Waals surface area (Å²) in [5.74, 6) is -0.281. The lowest BCUT2D eigenvalue weighted by Crippen LogP contribution is -2.05. The van der Waals surface area contributed by atoms with Crippen LogP contribution in [-0.2, 0) is 13.2 Å². The maximum Gasteiger partial charge on any atom is 0.167 e. The van der Waals surface area contributed by atoms with Gasteiger partial charge < -0.3 is 20.9 Å². The topological polar surface area (TPSA) is 67.5 Å². The van der Waals surface area contributed by atoms with Crippen LogP contribution in [0, 0.1) is 5.82 Å². The standard InChI is InChI=1S/C16H19FN2O2/c1-2-21-16-8-15(14(18)7-13(16)17)19-9-11-3-5-12(10-20)6-4-11/h3-8,19-20H,2,9-10,18H2,1H3. The third-order valence-corrected chi connectivity index (χ3v) is 3.09. The number of nitrogens with two attached hydrogens (primary N) is 1. The van der Waals surface area contributed by atoms with Crippen LogP contribution in [0.4, 0.5) is 15.8 Å². The van der Waals surface area contributed by atoms with Crippen LogP contribution in [0.15, 0.2) is 36.4 Å². The van der Waals surface area contributed by atoms with E-state index in [-0.39, 0.29) is 12.4 Å². The van der Waals surface area contributed by atoms with E-state index in [4.69, 9.17) is 15.6 Å². The average Bonchev–Trinajstić information content (AvgIpc) is 2.49. The molecule has 0 aliphatic heterocycles. The molecule has 0 aliphatic rings. The van der Waals surface area contributed by atoms with E-state index in [2.05, 4.69) is 5.32 Å². The van der Waals surface area contributed by atoms with Gasteiger partial charge in [-0.15, -0.1) is 0 Å². The van der Waals surface area contributed by atoms with Gasteiger partial charge in [0, 0.05) is 18.7 Å². The van der Waals surface area contributed by atoms with E-state index >= 15 is 0 Å². The zero-order valence-corrected chi connectivity index (χ0v) is 11.9. The third-order valence-electron chi connectivity index (χ3n) is 3.09. The number of nitrogens with one attached hydrogen (secondary N) is 1. The zero-order chi connectivity index (χ0) is 15.2. The van der Waals surface area contributed by atoms with E-state index in [1.807, 2.05) is 24.3 Å². The molecule has 2 rings (SSSR count). The van der Waals surface area contributed by atoms with Crippen molar-refractivity contribution in [3.63, 3.8) is 0 Å². The largest absolute Gasteiger partial charge is 0.491 e. The van der Waals surface area contributed by atoms with E-state index in [0.717, 1.165) is 11.1 Å². The van der Waals surface area contributed by atoms with Gasteiger partial charge in [-0.25, -0.2) is 4.39 Å². The monoisotopic (exact) mass is 290 g/mol. The molecule has 0 bridgehead atoms. The summed E-state index contributed by atoms with van der Waals surface area (Å²) in [6.07, 6.45) is 0. The molecule has 0 atom stereocenters. The van der Waals surface area contributed by atoms with Crippen molar-refractivity contribution in [2.75, 3.05) is 17.7 Å². The third kappa shape index (κ3) is 3.86. The van der Waals surface area contributed by atoms with Crippen molar-refractivity contribution in [3.8, 4) is 5.75 Å². The van der Waals surface area contributed by atoms with Crippen molar-refractivity contribution in [1.29, 1.82) is 0 Å². The van der Waals surface area contributed by atoms with Gasteiger partial charge >= 0.3 is 0 Å². The van der Waals surface area contributed by atoms with Gasteiger partial charge in [-0.3, -0.25) is 0 Å². The van der Waals surface area contributed by atoms with Gasteiger partial charge in [-0.1, -0.05) is 24.3 Å². The molecule has 4 nitrogen and oxygen atoms in total. The van der Waals surface area contributed by atoms with Crippen LogP contribution >= 0.6 is 0 Å². The predicted molar refractivity (Wildman–Crippen MR) is 81.7 cm³/mol. The Morgan fingerprint density at radius 3 is 2.48 bits per heavy atom. The van der Waals surface area contributed by atoms with Gasteiger partial charge in [-0.2, -0.15) is 0 Å². The molecule has 0 unspecified atom stereocenters. The van der Waals surface area contributed by atoms with Crippen molar-refractivity contribution in [2.45, 2.75) is 20.1 Å². The molecule has 4 N–H and O–H groups in total. The summed E-state index contributed by atoms with van der Waals surface area (Å²) in [6.45, 7) is 2.76. The number of hydrogen-bond acceptors (Lipinski definition) is 4. The summed E-state index contributed by atoms with van der Waals surface area (Å²) in [5, 5.41) is 12.2. The molecular formula is C16H19FN2O2. The van der Waals surface area contributed by atoms with Gasteiger partial charge in [0.2, 0.25) is 0 Å². The fourth-order valence-corrected chi connectivity index (χ4v) is 1.95. The van der Waals surface area contributed by atoms with Gasteiger partial charge in [0.15, 0.2) is 11.6 Å². The lowest BCUT2D eigenvalue weighted by Gasteiger charge is -2.13. The zero-order valence-electron chi connectivity index (χ0n) is 11.9. The van der Waals surface area contributed by atoms with Crippen LogP contribution in [0.1, 0.15) is 18.1 Å². The SMILES string of the molecule is CCOc1cc(NCc2ccc(CO)cc2)c(N)cc1F. The highest BCUT2D eigenvalue weighted by Gasteiger charge is 2.08. The van der Waals surface area contributed by atoms with Crippen LogP contribution in [-0.4, -0.2) is 11.7 Å². The molecule has 5 heteroatoms. The van der Waals surface area contributed by atoms with Gasteiger partial charge in [0.25, 0.3) is 0 Å². The molecule has 2 aromatic carbocycles. The van der Waals surface area contributed by atoms with Crippen LogP contribution in [0.5, 0.6) is 5.75 Å². The molecular weight excluding hydrogens is 271 g/mol. The highest BCUT2D eigenvalue weighted by Crippen LogP contribution is 2.28. The van der Waals surface area contributed by atoms with Crippen LogP contribution < -0.4 is 15.8 Å².